The number of halogens is 1. The SMILES string of the molecule is C=C1Nc2cccc(Br)c2O1. The molecule has 1 heterocycles. The Hall–Kier alpha value is -0.960. The molecule has 0 unspecified atom stereocenters. The average molecular weight is 212 g/mol. The first-order valence-corrected chi connectivity index (χ1v) is 3.99. The van der Waals surface area contributed by atoms with Crippen molar-refractivity contribution in [3.8, 4) is 5.75 Å². The summed E-state index contributed by atoms with van der Waals surface area (Å²) in [7, 11) is 0. The average Bonchev–Trinajstić information content (AvgIpc) is 2.31. The second kappa shape index (κ2) is 2.27. The zero-order valence-corrected chi connectivity index (χ0v) is 7.31. The first kappa shape index (κ1) is 6.73. The zero-order valence-electron chi connectivity index (χ0n) is 5.73. The van der Waals surface area contributed by atoms with E-state index in [0.717, 1.165) is 15.9 Å². The first-order chi connectivity index (χ1) is 5.27. The highest BCUT2D eigenvalue weighted by Crippen LogP contribution is 2.38. The van der Waals surface area contributed by atoms with Gasteiger partial charge in [-0.25, -0.2) is 0 Å². The van der Waals surface area contributed by atoms with Gasteiger partial charge in [-0.3, -0.25) is 0 Å². The monoisotopic (exact) mass is 211 g/mol. The second-order valence-corrected chi connectivity index (χ2v) is 3.12. The zero-order chi connectivity index (χ0) is 7.84. The van der Waals surface area contributed by atoms with Gasteiger partial charge in [0.15, 0.2) is 11.6 Å². The summed E-state index contributed by atoms with van der Waals surface area (Å²) in [5.74, 6) is 1.39. The Morgan fingerprint density at radius 3 is 3.00 bits per heavy atom. The van der Waals surface area contributed by atoms with Crippen LogP contribution in [-0.2, 0) is 0 Å². The van der Waals surface area contributed by atoms with Gasteiger partial charge in [-0.1, -0.05) is 6.07 Å². The van der Waals surface area contributed by atoms with Crippen LogP contribution in [0.5, 0.6) is 5.75 Å². The lowest BCUT2D eigenvalue weighted by Gasteiger charge is -1.96. The van der Waals surface area contributed by atoms with Crippen LogP contribution in [0.2, 0.25) is 0 Å². The van der Waals surface area contributed by atoms with Crippen LogP contribution in [0.1, 0.15) is 0 Å². The van der Waals surface area contributed by atoms with Gasteiger partial charge in [-0.05, 0) is 34.6 Å². The molecule has 0 aliphatic carbocycles. The van der Waals surface area contributed by atoms with Crippen LogP contribution in [0.25, 0.3) is 0 Å². The number of benzene rings is 1. The molecule has 0 amide bonds. The predicted octanol–water partition coefficient (Wildman–Crippen LogP) is 2.72. The first-order valence-electron chi connectivity index (χ1n) is 3.19. The van der Waals surface area contributed by atoms with Crippen LogP contribution in [-0.4, -0.2) is 0 Å². The molecule has 0 saturated carbocycles. The van der Waals surface area contributed by atoms with E-state index in [0.29, 0.717) is 5.88 Å². The smallest absolute Gasteiger partial charge is 0.190 e. The van der Waals surface area contributed by atoms with Gasteiger partial charge < -0.3 is 10.1 Å². The van der Waals surface area contributed by atoms with Crippen LogP contribution in [0.4, 0.5) is 5.69 Å². The third-order valence-electron chi connectivity index (χ3n) is 1.47. The normalized spacial score (nSPS) is 13.7. The van der Waals surface area contributed by atoms with Gasteiger partial charge in [0, 0.05) is 0 Å². The van der Waals surface area contributed by atoms with Crippen molar-refractivity contribution in [3.63, 3.8) is 0 Å². The summed E-state index contributed by atoms with van der Waals surface area (Å²) in [6.45, 7) is 3.66. The molecule has 1 aromatic carbocycles. The summed E-state index contributed by atoms with van der Waals surface area (Å²) in [4.78, 5) is 0. The fourth-order valence-corrected chi connectivity index (χ4v) is 1.46. The van der Waals surface area contributed by atoms with E-state index in [-0.39, 0.29) is 0 Å². The minimum Gasteiger partial charge on any atom is -0.438 e. The second-order valence-electron chi connectivity index (χ2n) is 2.27. The van der Waals surface area contributed by atoms with Gasteiger partial charge in [0.2, 0.25) is 0 Å². The standard InChI is InChI=1S/C8H6BrNO/c1-5-10-7-4-2-3-6(9)8(7)11-5/h2-4,10H,1H2. The molecule has 0 aromatic heterocycles. The number of rotatable bonds is 0. The van der Waals surface area contributed by atoms with E-state index in [9.17, 15) is 0 Å². The van der Waals surface area contributed by atoms with E-state index >= 15 is 0 Å². The summed E-state index contributed by atoms with van der Waals surface area (Å²) >= 11 is 3.37. The number of anilines is 1. The number of nitrogens with one attached hydrogen (secondary N) is 1. The van der Waals surface area contributed by atoms with Crippen molar-refractivity contribution >= 4 is 21.6 Å². The molecule has 0 saturated heterocycles. The van der Waals surface area contributed by atoms with Crippen LogP contribution < -0.4 is 10.1 Å². The van der Waals surface area contributed by atoms with E-state index < -0.39 is 0 Å². The Kier molecular flexibility index (Phi) is 1.39. The maximum atomic E-state index is 5.29. The third kappa shape index (κ3) is 1.01. The van der Waals surface area contributed by atoms with Crippen molar-refractivity contribution in [2.24, 2.45) is 0 Å². The minimum atomic E-state index is 0.576. The van der Waals surface area contributed by atoms with Crippen molar-refractivity contribution in [2.45, 2.75) is 0 Å². The molecule has 0 fully saturated rings. The number of ether oxygens (including phenoxy) is 1. The van der Waals surface area contributed by atoms with Crippen LogP contribution in [0.15, 0.2) is 35.1 Å². The van der Waals surface area contributed by atoms with Gasteiger partial charge in [-0.2, -0.15) is 0 Å². The summed E-state index contributed by atoms with van der Waals surface area (Å²) < 4.78 is 6.23. The highest BCUT2D eigenvalue weighted by Gasteiger charge is 2.16. The number of fused-ring (bicyclic) bond motifs is 1. The van der Waals surface area contributed by atoms with Crippen molar-refractivity contribution in [1.29, 1.82) is 0 Å². The molecule has 56 valence electrons. The Morgan fingerprint density at radius 2 is 2.27 bits per heavy atom. The predicted molar refractivity (Wildman–Crippen MR) is 47.5 cm³/mol. The molecule has 3 heteroatoms. The van der Waals surface area contributed by atoms with Gasteiger partial charge in [0.25, 0.3) is 0 Å². The Balaban J connectivity index is 2.57. The molecule has 0 radical (unpaired) electrons. The minimum absolute atomic E-state index is 0.576. The molecule has 2 nitrogen and oxygen atoms in total. The lowest BCUT2D eigenvalue weighted by atomic mass is 10.3. The summed E-state index contributed by atoms with van der Waals surface area (Å²) in [5, 5.41) is 2.99. The molecule has 1 aliphatic rings. The highest BCUT2D eigenvalue weighted by atomic mass is 79.9. The van der Waals surface area contributed by atoms with E-state index in [1.807, 2.05) is 18.2 Å². The van der Waals surface area contributed by atoms with E-state index in [2.05, 4.69) is 27.8 Å². The fraction of sp³-hybridized carbons (Fsp3) is 0. The molecule has 0 bridgehead atoms. The molecule has 0 spiro atoms. The fourth-order valence-electron chi connectivity index (χ4n) is 1.01. The Labute approximate surface area is 73.0 Å². The van der Waals surface area contributed by atoms with E-state index in [4.69, 9.17) is 4.74 Å². The van der Waals surface area contributed by atoms with Gasteiger partial charge in [-0.15, -0.1) is 0 Å². The van der Waals surface area contributed by atoms with Gasteiger partial charge in [0.05, 0.1) is 10.2 Å². The highest BCUT2D eigenvalue weighted by molar-refractivity contribution is 9.10. The van der Waals surface area contributed by atoms with Gasteiger partial charge >= 0.3 is 0 Å². The lowest BCUT2D eigenvalue weighted by Crippen LogP contribution is -1.92. The Morgan fingerprint density at radius 1 is 1.45 bits per heavy atom. The topological polar surface area (TPSA) is 21.3 Å². The van der Waals surface area contributed by atoms with Crippen LogP contribution >= 0.6 is 15.9 Å². The molecule has 11 heavy (non-hydrogen) atoms. The van der Waals surface area contributed by atoms with Crippen molar-refractivity contribution in [2.75, 3.05) is 5.32 Å². The quantitative estimate of drug-likeness (QED) is 0.713. The number of hydrogen-bond acceptors (Lipinski definition) is 2. The summed E-state index contributed by atoms with van der Waals surface area (Å²) in [5.41, 5.74) is 0.962. The molecule has 1 aromatic rings. The number of para-hydroxylation sites is 1. The van der Waals surface area contributed by atoms with E-state index in [1.54, 1.807) is 0 Å². The maximum absolute atomic E-state index is 5.29. The molecule has 1 N–H and O–H groups in total. The number of hydrogen-bond donors (Lipinski definition) is 1. The van der Waals surface area contributed by atoms with Crippen LogP contribution in [0.3, 0.4) is 0 Å². The molecule has 0 atom stereocenters. The Bertz CT molecular complexity index is 322. The summed E-state index contributed by atoms with van der Waals surface area (Å²) in [6, 6.07) is 5.81. The van der Waals surface area contributed by atoms with Crippen LogP contribution in [0, 0.1) is 0 Å². The van der Waals surface area contributed by atoms with Gasteiger partial charge in [0.1, 0.15) is 0 Å². The molecule has 2 rings (SSSR count). The third-order valence-corrected chi connectivity index (χ3v) is 2.09. The molecule has 1 aliphatic heterocycles. The molecular formula is C8H6BrNO. The van der Waals surface area contributed by atoms with E-state index in [1.165, 1.54) is 0 Å². The van der Waals surface area contributed by atoms with Crippen molar-refractivity contribution < 1.29 is 4.74 Å². The maximum Gasteiger partial charge on any atom is 0.190 e. The summed E-state index contributed by atoms with van der Waals surface area (Å²) in [6.07, 6.45) is 0. The lowest BCUT2D eigenvalue weighted by molar-refractivity contribution is 0.457. The van der Waals surface area contributed by atoms with Crippen molar-refractivity contribution in [3.05, 3.63) is 35.1 Å². The van der Waals surface area contributed by atoms with Crippen molar-refractivity contribution in [1.82, 2.24) is 0 Å². The molecular weight excluding hydrogens is 206 g/mol. The largest absolute Gasteiger partial charge is 0.438 e.